The van der Waals surface area contributed by atoms with Crippen LogP contribution in [-0.2, 0) is 0 Å². The molecule has 1 N–H and O–H groups in total. The number of hydrogen-bond donors (Lipinski definition) is 1. The molecule has 0 saturated heterocycles. The molecule has 0 heterocycles. The van der Waals surface area contributed by atoms with Gasteiger partial charge in [0.15, 0.2) is 0 Å². The molecule has 1 spiro atoms. The lowest BCUT2D eigenvalue weighted by molar-refractivity contribution is 0.157. The summed E-state index contributed by atoms with van der Waals surface area (Å²) in [5.41, 5.74) is 0.800. The molecule has 18 heavy (non-hydrogen) atoms. The van der Waals surface area contributed by atoms with Crippen LogP contribution >= 0.6 is 0 Å². The van der Waals surface area contributed by atoms with Gasteiger partial charge < -0.3 is 5.32 Å². The van der Waals surface area contributed by atoms with Crippen molar-refractivity contribution in [1.82, 2.24) is 5.32 Å². The van der Waals surface area contributed by atoms with Crippen molar-refractivity contribution in [1.29, 1.82) is 0 Å². The van der Waals surface area contributed by atoms with Crippen LogP contribution in [0.2, 0.25) is 0 Å². The van der Waals surface area contributed by atoms with Crippen molar-refractivity contribution in [3.63, 3.8) is 0 Å². The Morgan fingerprint density at radius 3 is 2.06 bits per heavy atom. The van der Waals surface area contributed by atoms with Crippen LogP contribution in [0.3, 0.4) is 0 Å². The zero-order valence-electron chi connectivity index (χ0n) is 12.2. The molecule has 0 amide bonds. The lowest BCUT2D eigenvalue weighted by Gasteiger charge is -2.39. The molecule has 0 aromatic rings. The van der Waals surface area contributed by atoms with E-state index in [9.17, 15) is 0 Å². The van der Waals surface area contributed by atoms with Gasteiger partial charge in [-0.2, -0.15) is 0 Å². The number of hydrogen-bond acceptors (Lipinski definition) is 1. The molecule has 1 nitrogen and oxygen atoms in total. The summed E-state index contributed by atoms with van der Waals surface area (Å²) >= 11 is 0. The first kappa shape index (κ1) is 13.0. The molecule has 0 aromatic heterocycles. The minimum Gasteiger partial charge on any atom is -0.311 e. The van der Waals surface area contributed by atoms with E-state index in [1.807, 2.05) is 0 Å². The van der Waals surface area contributed by atoms with Crippen molar-refractivity contribution in [2.24, 2.45) is 11.3 Å². The highest BCUT2D eigenvalue weighted by Gasteiger charge is 2.37. The van der Waals surface area contributed by atoms with E-state index in [-0.39, 0.29) is 0 Å². The summed E-state index contributed by atoms with van der Waals surface area (Å²) in [5, 5.41) is 3.97. The van der Waals surface area contributed by atoms with Crippen LogP contribution in [0.15, 0.2) is 0 Å². The molecule has 104 valence electrons. The molecule has 3 aliphatic rings. The maximum atomic E-state index is 3.97. The van der Waals surface area contributed by atoms with Crippen molar-refractivity contribution in [3.05, 3.63) is 0 Å². The summed E-state index contributed by atoms with van der Waals surface area (Å²) in [4.78, 5) is 0. The fourth-order valence-corrected chi connectivity index (χ4v) is 4.99. The molecule has 1 heteroatoms. The minimum absolute atomic E-state index is 0.773. The molecule has 0 radical (unpaired) electrons. The van der Waals surface area contributed by atoms with Crippen molar-refractivity contribution in [2.75, 3.05) is 0 Å². The molecule has 3 fully saturated rings. The molecule has 0 unspecified atom stereocenters. The molecular formula is C17H31N. The van der Waals surface area contributed by atoms with Gasteiger partial charge in [-0.25, -0.2) is 0 Å². The lowest BCUT2D eigenvalue weighted by atomic mass is 9.71. The van der Waals surface area contributed by atoms with E-state index in [0.29, 0.717) is 0 Å². The maximum absolute atomic E-state index is 3.97. The highest BCUT2D eigenvalue weighted by Crippen LogP contribution is 2.49. The van der Waals surface area contributed by atoms with E-state index in [2.05, 4.69) is 12.2 Å². The van der Waals surface area contributed by atoms with Gasteiger partial charge in [0.25, 0.3) is 0 Å². The second-order valence-electron chi connectivity index (χ2n) is 7.48. The zero-order chi connectivity index (χ0) is 12.4. The van der Waals surface area contributed by atoms with Crippen molar-refractivity contribution >= 4 is 0 Å². The average Bonchev–Trinajstić information content (AvgIpc) is 3.04. The lowest BCUT2D eigenvalue weighted by Crippen LogP contribution is -2.43. The Morgan fingerprint density at radius 1 is 0.833 bits per heavy atom. The second kappa shape index (κ2) is 5.53. The third-order valence-corrected chi connectivity index (χ3v) is 6.32. The summed E-state index contributed by atoms with van der Waals surface area (Å²) < 4.78 is 0. The van der Waals surface area contributed by atoms with E-state index >= 15 is 0 Å². The Labute approximate surface area is 113 Å². The highest BCUT2D eigenvalue weighted by molar-refractivity contribution is 4.92. The Morgan fingerprint density at radius 2 is 1.44 bits per heavy atom. The molecule has 3 saturated carbocycles. The Balaban J connectivity index is 1.44. The van der Waals surface area contributed by atoms with Gasteiger partial charge >= 0.3 is 0 Å². The molecule has 3 rings (SSSR count). The smallest absolute Gasteiger partial charge is 0.00700 e. The van der Waals surface area contributed by atoms with Crippen LogP contribution in [0.1, 0.15) is 84.0 Å². The number of rotatable bonds is 3. The van der Waals surface area contributed by atoms with Gasteiger partial charge in [0.2, 0.25) is 0 Å². The van der Waals surface area contributed by atoms with Gasteiger partial charge in [0, 0.05) is 12.1 Å². The van der Waals surface area contributed by atoms with Gasteiger partial charge in [-0.15, -0.1) is 0 Å². The molecule has 0 aromatic carbocycles. The summed E-state index contributed by atoms with van der Waals surface area (Å²) in [6.07, 6.45) is 18.0. The van der Waals surface area contributed by atoms with E-state index in [1.165, 1.54) is 77.0 Å². The third-order valence-electron chi connectivity index (χ3n) is 6.32. The maximum Gasteiger partial charge on any atom is 0.00700 e. The van der Waals surface area contributed by atoms with Crippen LogP contribution in [0.5, 0.6) is 0 Å². The first-order valence-electron chi connectivity index (χ1n) is 8.54. The van der Waals surface area contributed by atoms with Crippen molar-refractivity contribution in [2.45, 2.75) is 96.1 Å². The van der Waals surface area contributed by atoms with Crippen LogP contribution in [0.25, 0.3) is 0 Å². The fourth-order valence-electron chi connectivity index (χ4n) is 4.99. The number of nitrogens with one attached hydrogen (secondary N) is 1. The van der Waals surface area contributed by atoms with Gasteiger partial charge in [-0.3, -0.25) is 0 Å². The van der Waals surface area contributed by atoms with Gasteiger partial charge in [-0.1, -0.05) is 25.7 Å². The molecule has 0 aliphatic heterocycles. The van der Waals surface area contributed by atoms with Crippen LogP contribution < -0.4 is 5.32 Å². The van der Waals surface area contributed by atoms with Gasteiger partial charge in [0.05, 0.1) is 0 Å². The first-order chi connectivity index (χ1) is 8.77. The minimum atomic E-state index is 0.773. The van der Waals surface area contributed by atoms with E-state index < -0.39 is 0 Å². The van der Waals surface area contributed by atoms with Crippen LogP contribution in [0.4, 0.5) is 0 Å². The van der Waals surface area contributed by atoms with Gasteiger partial charge in [-0.05, 0) is 69.6 Å². The van der Waals surface area contributed by atoms with Crippen LogP contribution in [-0.4, -0.2) is 12.1 Å². The quantitative estimate of drug-likeness (QED) is 0.767. The molecule has 3 aliphatic carbocycles. The normalized spacial score (nSPS) is 31.2. The Bertz CT molecular complexity index is 251. The topological polar surface area (TPSA) is 12.0 Å². The third kappa shape index (κ3) is 2.76. The van der Waals surface area contributed by atoms with E-state index in [0.717, 1.165) is 23.4 Å². The largest absolute Gasteiger partial charge is 0.311 e. The summed E-state index contributed by atoms with van der Waals surface area (Å²) in [7, 11) is 0. The molecule has 0 bridgehead atoms. The van der Waals surface area contributed by atoms with Crippen molar-refractivity contribution < 1.29 is 0 Å². The Hall–Kier alpha value is -0.0400. The summed E-state index contributed by atoms with van der Waals surface area (Å²) in [6.45, 7) is 2.44. The standard InChI is InChI=1S/C17H31N/c1-14(15-6-2-3-7-15)18-16-8-12-17(13-9-16)10-4-5-11-17/h14-16,18H,2-13H2,1H3/t14-/m1/s1. The van der Waals surface area contributed by atoms with E-state index in [1.54, 1.807) is 0 Å². The average molecular weight is 249 g/mol. The predicted octanol–water partition coefficient (Wildman–Crippen LogP) is 4.66. The van der Waals surface area contributed by atoms with Crippen LogP contribution in [0, 0.1) is 11.3 Å². The fraction of sp³-hybridized carbons (Fsp3) is 1.00. The first-order valence-corrected chi connectivity index (χ1v) is 8.54. The predicted molar refractivity (Wildman–Crippen MR) is 77.7 cm³/mol. The second-order valence-corrected chi connectivity index (χ2v) is 7.48. The van der Waals surface area contributed by atoms with Crippen molar-refractivity contribution in [3.8, 4) is 0 Å². The monoisotopic (exact) mass is 249 g/mol. The molecular weight excluding hydrogens is 218 g/mol. The van der Waals surface area contributed by atoms with Gasteiger partial charge in [0.1, 0.15) is 0 Å². The van der Waals surface area contributed by atoms with E-state index in [4.69, 9.17) is 0 Å². The zero-order valence-corrected chi connectivity index (χ0v) is 12.2. The SMILES string of the molecule is C[C@@H](NC1CCC2(CCCC2)CC1)C1CCCC1. The summed E-state index contributed by atoms with van der Waals surface area (Å²) in [6, 6.07) is 1.61. The summed E-state index contributed by atoms with van der Waals surface area (Å²) in [5.74, 6) is 0.979. The highest BCUT2D eigenvalue weighted by atomic mass is 15.0. The Kier molecular flexibility index (Phi) is 3.98. The molecule has 1 atom stereocenters.